The van der Waals surface area contributed by atoms with E-state index in [1.807, 2.05) is 68.3 Å². The summed E-state index contributed by atoms with van der Waals surface area (Å²) in [4.78, 5) is 3.85. The van der Waals surface area contributed by atoms with Gasteiger partial charge in [0.05, 0.1) is 22.4 Å². The Morgan fingerprint density at radius 3 is 1.88 bits per heavy atom. The van der Waals surface area contributed by atoms with Crippen LogP contribution in [0, 0.1) is 34.0 Å². The van der Waals surface area contributed by atoms with E-state index in [1.165, 1.54) is 0 Å². The minimum Gasteiger partial charge on any atom is -0.377 e. The van der Waals surface area contributed by atoms with Gasteiger partial charge >= 0.3 is 0 Å². The fourth-order valence-electron chi connectivity index (χ4n) is 3.47. The molecule has 0 aliphatic carbocycles. The molecule has 3 aromatic carbocycles. The molecule has 0 bridgehead atoms. The minimum absolute atomic E-state index is 0.132. The van der Waals surface area contributed by atoms with E-state index in [1.54, 1.807) is 0 Å². The summed E-state index contributed by atoms with van der Waals surface area (Å²) in [5.41, 5.74) is 2.28. The summed E-state index contributed by atoms with van der Waals surface area (Å²) >= 11 is 0. The summed E-state index contributed by atoms with van der Waals surface area (Å²) in [6.07, 6.45) is 0. The van der Waals surface area contributed by atoms with Crippen molar-refractivity contribution in [2.24, 2.45) is 0 Å². The van der Waals surface area contributed by atoms with Crippen LogP contribution in [0.2, 0.25) is 0 Å². The van der Waals surface area contributed by atoms with Crippen LogP contribution in [0.5, 0.6) is 0 Å². The van der Waals surface area contributed by atoms with Crippen LogP contribution in [0.1, 0.15) is 16.7 Å². The molecule has 0 aliphatic heterocycles. The van der Waals surface area contributed by atoms with Gasteiger partial charge in [-0.2, -0.15) is 15.8 Å². The third-order valence-corrected chi connectivity index (χ3v) is 4.53. The predicted octanol–water partition coefficient (Wildman–Crippen LogP) is 3.74. The maximum atomic E-state index is 9.76. The largest absolute Gasteiger partial charge is 0.377 e. The summed E-state index contributed by atoms with van der Waals surface area (Å²) in [5, 5.41) is 32.6. The molecule has 5 heteroatoms. The normalized spacial score (nSPS) is 10.2. The highest BCUT2D eigenvalue weighted by Crippen LogP contribution is 2.42. The van der Waals surface area contributed by atoms with Gasteiger partial charge in [-0.1, -0.05) is 24.3 Å². The van der Waals surface area contributed by atoms with Crippen molar-refractivity contribution in [3.8, 4) is 18.2 Å². The van der Waals surface area contributed by atoms with Crippen LogP contribution in [0.15, 0.2) is 30.3 Å². The van der Waals surface area contributed by atoms with E-state index < -0.39 is 0 Å². The molecule has 0 radical (unpaired) electrons. The van der Waals surface area contributed by atoms with Crippen LogP contribution in [0.25, 0.3) is 21.5 Å². The fourth-order valence-corrected chi connectivity index (χ4v) is 3.47. The molecule has 0 atom stereocenters. The SMILES string of the molecule is CN(C)c1cccc2ccc3c(C#N)c(C#N)c(C#N)c(N(C)C)c3c12. The van der Waals surface area contributed by atoms with Crippen molar-refractivity contribution >= 4 is 32.9 Å². The second-order valence-electron chi connectivity index (χ2n) is 6.46. The van der Waals surface area contributed by atoms with Crippen LogP contribution in [0.4, 0.5) is 11.4 Å². The van der Waals surface area contributed by atoms with Crippen LogP contribution >= 0.6 is 0 Å². The van der Waals surface area contributed by atoms with Gasteiger partial charge in [0, 0.05) is 50.0 Å². The van der Waals surface area contributed by atoms with Crippen molar-refractivity contribution in [2.45, 2.75) is 0 Å². The Balaban J connectivity index is 2.79. The Morgan fingerprint density at radius 2 is 1.35 bits per heavy atom. The lowest BCUT2D eigenvalue weighted by molar-refractivity contribution is 1.13. The van der Waals surface area contributed by atoms with Gasteiger partial charge < -0.3 is 9.80 Å². The number of anilines is 2. The molecule has 26 heavy (non-hydrogen) atoms. The topological polar surface area (TPSA) is 77.8 Å². The lowest BCUT2D eigenvalue weighted by atomic mass is 9.89. The molecule has 0 heterocycles. The van der Waals surface area contributed by atoms with E-state index in [9.17, 15) is 15.8 Å². The molecule has 126 valence electrons. The molecule has 3 rings (SSSR count). The molecule has 0 amide bonds. The standard InChI is InChI=1S/C21H17N5/c1-25(2)18-7-5-6-13-8-9-14-15(10-22)16(11-23)17(12-24)21(26(3)4)20(14)19(13)18/h5-9H,1-4H3. The van der Waals surface area contributed by atoms with E-state index in [4.69, 9.17) is 0 Å². The number of nitriles is 3. The van der Waals surface area contributed by atoms with Crippen molar-refractivity contribution in [1.29, 1.82) is 15.8 Å². The molecule has 0 unspecified atom stereocenters. The molecule has 5 nitrogen and oxygen atoms in total. The fraction of sp³-hybridized carbons (Fsp3) is 0.190. The van der Waals surface area contributed by atoms with Crippen molar-refractivity contribution in [3.63, 3.8) is 0 Å². The highest BCUT2D eigenvalue weighted by Gasteiger charge is 2.23. The van der Waals surface area contributed by atoms with Crippen LogP contribution < -0.4 is 9.80 Å². The molecule has 0 aliphatic rings. The second-order valence-corrected chi connectivity index (χ2v) is 6.46. The second kappa shape index (κ2) is 6.28. The third-order valence-electron chi connectivity index (χ3n) is 4.53. The quantitative estimate of drug-likeness (QED) is 0.665. The molecular weight excluding hydrogens is 322 g/mol. The summed E-state index contributed by atoms with van der Waals surface area (Å²) < 4.78 is 0. The third kappa shape index (κ3) is 2.29. The number of rotatable bonds is 2. The summed E-state index contributed by atoms with van der Waals surface area (Å²) in [6.45, 7) is 0. The van der Waals surface area contributed by atoms with Crippen molar-refractivity contribution < 1.29 is 0 Å². The lowest BCUT2D eigenvalue weighted by Crippen LogP contribution is -2.14. The van der Waals surface area contributed by atoms with E-state index in [0.717, 1.165) is 21.8 Å². The monoisotopic (exact) mass is 339 g/mol. The van der Waals surface area contributed by atoms with Gasteiger partial charge in [-0.25, -0.2) is 0 Å². The Kier molecular flexibility index (Phi) is 4.13. The number of benzene rings is 3. The minimum atomic E-state index is 0.132. The average Bonchev–Trinajstić information content (AvgIpc) is 2.64. The van der Waals surface area contributed by atoms with Crippen molar-refractivity contribution in [1.82, 2.24) is 0 Å². The highest BCUT2D eigenvalue weighted by atomic mass is 15.1. The zero-order valence-corrected chi connectivity index (χ0v) is 15.1. The maximum Gasteiger partial charge on any atom is 0.103 e. The van der Waals surface area contributed by atoms with Gasteiger partial charge in [-0.15, -0.1) is 0 Å². The van der Waals surface area contributed by atoms with Crippen LogP contribution in [-0.4, -0.2) is 28.2 Å². The Hall–Kier alpha value is -3.75. The number of fused-ring (bicyclic) bond motifs is 3. The van der Waals surface area contributed by atoms with Crippen LogP contribution in [-0.2, 0) is 0 Å². The molecular formula is C21H17N5. The Morgan fingerprint density at radius 1 is 0.692 bits per heavy atom. The first-order valence-corrected chi connectivity index (χ1v) is 8.06. The molecule has 0 aromatic heterocycles. The highest BCUT2D eigenvalue weighted by molar-refractivity contribution is 6.21. The average molecular weight is 339 g/mol. The first kappa shape index (κ1) is 17.1. The van der Waals surface area contributed by atoms with E-state index in [0.29, 0.717) is 11.1 Å². The van der Waals surface area contributed by atoms with Gasteiger partial charge in [0.2, 0.25) is 0 Å². The Bertz CT molecular complexity index is 1170. The van der Waals surface area contributed by atoms with E-state index >= 15 is 0 Å². The van der Waals surface area contributed by atoms with Gasteiger partial charge in [0.1, 0.15) is 18.2 Å². The van der Waals surface area contributed by atoms with Crippen molar-refractivity contribution in [2.75, 3.05) is 38.0 Å². The number of hydrogen-bond donors (Lipinski definition) is 0. The molecule has 0 saturated carbocycles. The molecule has 0 saturated heterocycles. The zero-order valence-electron chi connectivity index (χ0n) is 15.1. The van der Waals surface area contributed by atoms with Gasteiger partial charge in [-0.3, -0.25) is 0 Å². The first-order chi connectivity index (χ1) is 12.5. The maximum absolute atomic E-state index is 9.76. The van der Waals surface area contributed by atoms with Gasteiger partial charge in [0.25, 0.3) is 0 Å². The molecule has 0 spiro atoms. The molecule has 0 N–H and O–H groups in total. The lowest BCUT2D eigenvalue weighted by Gasteiger charge is -2.23. The number of hydrogen-bond acceptors (Lipinski definition) is 5. The molecule has 3 aromatic rings. The van der Waals surface area contributed by atoms with Crippen molar-refractivity contribution in [3.05, 3.63) is 47.0 Å². The first-order valence-electron chi connectivity index (χ1n) is 8.06. The predicted molar refractivity (Wildman–Crippen MR) is 104 cm³/mol. The summed E-state index contributed by atoms with van der Waals surface area (Å²) in [6, 6.07) is 16.2. The van der Waals surface area contributed by atoms with E-state index in [-0.39, 0.29) is 16.7 Å². The number of nitrogens with zero attached hydrogens (tertiary/aromatic N) is 5. The smallest absolute Gasteiger partial charge is 0.103 e. The van der Waals surface area contributed by atoms with Crippen LogP contribution in [0.3, 0.4) is 0 Å². The van der Waals surface area contributed by atoms with E-state index in [2.05, 4.69) is 18.2 Å². The van der Waals surface area contributed by atoms with Gasteiger partial charge in [-0.05, 0) is 11.5 Å². The Labute approximate surface area is 152 Å². The molecule has 0 fully saturated rings. The summed E-state index contributed by atoms with van der Waals surface area (Å²) in [7, 11) is 7.62. The zero-order chi connectivity index (χ0) is 19.0. The van der Waals surface area contributed by atoms with Gasteiger partial charge in [0.15, 0.2) is 0 Å². The summed E-state index contributed by atoms with van der Waals surface area (Å²) in [5.74, 6) is 0.